The molecule has 5 nitrogen and oxygen atoms in total. The molecule has 0 aromatic heterocycles. The van der Waals surface area contributed by atoms with E-state index >= 15 is 0 Å². The molecule has 20 heavy (non-hydrogen) atoms. The van der Waals surface area contributed by atoms with E-state index in [0.29, 0.717) is 36.7 Å². The molecule has 0 radical (unpaired) electrons. The van der Waals surface area contributed by atoms with Crippen molar-refractivity contribution in [3.8, 4) is 0 Å². The molecule has 1 fully saturated rings. The van der Waals surface area contributed by atoms with Gasteiger partial charge in [-0.1, -0.05) is 12.1 Å². The second kappa shape index (κ2) is 5.94. The van der Waals surface area contributed by atoms with Gasteiger partial charge in [-0.15, -0.1) is 0 Å². The van der Waals surface area contributed by atoms with Crippen molar-refractivity contribution in [2.75, 3.05) is 18.8 Å². The van der Waals surface area contributed by atoms with Crippen LogP contribution in [0.25, 0.3) is 0 Å². The standard InChI is InChI=1S/C15H21N3O2/c1-10-3-2-4-12(14(10)17)15(20)18-7-5-11(6-8-18)9-13(16)19/h2-4,11H,5-9,17H2,1H3,(H2,16,19). The zero-order chi connectivity index (χ0) is 14.7. The molecule has 1 saturated heterocycles. The molecule has 108 valence electrons. The molecule has 1 aliphatic rings. The Bertz CT molecular complexity index is 520. The number of amides is 2. The maximum absolute atomic E-state index is 12.5. The monoisotopic (exact) mass is 275 g/mol. The highest BCUT2D eigenvalue weighted by atomic mass is 16.2. The lowest BCUT2D eigenvalue weighted by atomic mass is 9.93. The topological polar surface area (TPSA) is 89.4 Å². The number of primary amides is 1. The Morgan fingerprint density at radius 1 is 1.30 bits per heavy atom. The third kappa shape index (κ3) is 3.10. The SMILES string of the molecule is Cc1cccc(C(=O)N2CCC(CC(N)=O)CC2)c1N. The van der Waals surface area contributed by atoms with Crippen LogP contribution >= 0.6 is 0 Å². The highest BCUT2D eigenvalue weighted by Crippen LogP contribution is 2.24. The normalized spacial score (nSPS) is 16.1. The molecule has 1 heterocycles. The van der Waals surface area contributed by atoms with Gasteiger partial charge in [0.05, 0.1) is 5.56 Å². The molecule has 0 unspecified atom stereocenters. The van der Waals surface area contributed by atoms with Crippen LogP contribution in [0.3, 0.4) is 0 Å². The van der Waals surface area contributed by atoms with Gasteiger partial charge in [-0.2, -0.15) is 0 Å². The first kappa shape index (κ1) is 14.4. The molecule has 2 rings (SSSR count). The predicted octanol–water partition coefficient (Wildman–Crippen LogP) is 1.30. The highest BCUT2D eigenvalue weighted by Gasteiger charge is 2.25. The second-order valence-corrected chi connectivity index (χ2v) is 5.44. The molecule has 1 aromatic carbocycles. The van der Waals surface area contributed by atoms with Crippen LogP contribution in [0.5, 0.6) is 0 Å². The summed E-state index contributed by atoms with van der Waals surface area (Å²) in [6, 6.07) is 5.50. The molecular formula is C15H21N3O2. The van der Waals surface area contributed by atoms with Crippen LogP contribution in [0, 0.1) is 12.8 Å². The zero-order valence-corrected chi connectivity index (χ0v) is 11.8. The maximum atomic E-state index is 12.5. The van der Waals surface area contributed by atoms with Crippen molar-refractivity contribution in [1.82, 2.24) is 4.90 Å². The summed E-state index contributed by atoms with van der Waals surface area (Å²) in [4.78, 5) is 25.2. The van der Waals surface area contributed by atoms with Crippen molar-refractivity contribution in [2.24, 2.45) is 11.7 Å². The lowest BCUT2D eigenvalue weighted by Gasteiger charge is -2.32. The third-order valence-electron chi connectivity index (χ3n) is 3.95. The van der Waals surface area contributed by atoms with Gasteiger partial charge in [0.2, 0.25) is 5.91 Å². The molecule has 0 spiro atoms. The van der Waals surface area contributed by atoms with Crippen molar-refractivity contribution in [3.05, 3.63) is 29.3 Å². The molecular weight excluding hydrogens is 254 g/mol. The average Bonchev–Trinajstić information content (AvgIpc) is 2.41. The molecule has 2 amide bonds. The first-order valence-corrected chi connectivity index (χ1v) is 6.91. The largest absolute Gasteiger partial charge is 0.398 e. The number of hydrogen-bond acceptors (Lipinski definition) is 3. The summed E-state index contributed by atoms with van der Waals surface area (Å²) in [7, 11) is 0. The second-order valence-electron chi connectivity index (χ2n) is 5.44. The van der Waals surface area contributed by atoms with E-state index in [1.165, 1.54) is 0 Å². The lowest BCUT2D eigenvalue weighted by Crippen LogP contribution is -2.39. The van der Waals surface area contributed by atoms with Crippen LogP contribution in [0.1, 0.15) is 35.2 Å². The number of aryl methyl sites for hydroxylation is 1. The van der Waals surface area contributed by atoms with Gasteiger partial charge in [0.25, 0.3) is 5.91 Å². The Hall–Kier alpha value is -2.04. The number of nitrogens with two attached hydrogens (primary N) is 2. The number of carbonyl (C=O) groups excluding carboxylic acids is 2. The number of piperidine rings is 1. The van der Waals surface area contributed by atoms with Gasteiger partial charge >= 0.3 is 0 Å². The number of anilines is 1. The van der Waals surface area contributed by atoms with Crippen LogP contribution < -0.4 is 11.5 Å². The minimum atomic E-state index is -0.266. The molecule has 0 saturated carbocycles. The van der Waals surface area contributed by atoms with E-state index in [-0.39, 0.29) is 11.8 Å². The van der Waals surface area contributed by atoms with Crippen molar-refractivity contribution in [2.45, 2.75) is 26.2 Å². The smallest absolute Gasteiger partial charge is 0.255 e. The highest BCUT2D eigenvalue weighted by molar-refractivity contribution is 5.99. The number of benzene rings is 1. The van der Waals surface area contributed by atoms with Gasteiger partial charge in [-0.25, -0.2) is 0 Å². The Kier molecular flexibility index (Phi) is 4.27. The minimum Gasteiger partial charge on any atom is -0.398 e. The fraction of sp³-hybridized carbons (Fsp3) is 0.467. The van der Waals surface area contributed by atoms with Crippen molar-refractivity contribution in [3.63, 3.8) is 0 Å². The van der Waals surface area contributed by atoms with E-state index in [0.717, 1.165) is 18.4 Å². The van der Waals surface area contributed by atoms with Gasteiger partial charge < -0.3 is 16.4 Å². The van der Waals surface area contributed by atoms with E-state index < -0.39 is 0 Å². The van der Waals surface area contributed by atoms with Gasteiger partial charge in [-0.3, -0.25) is 9.59 Å². The van der Waals surface area contributed by atoms with E-state index in [1.807, 2.05) is 24.0 Å². The van der Waals surface area contributed by atoms with Crippen molar-refractivity contribution in [1.29, 1.82) is 0 Å². The minimum absolute atomic E-state index is 0.0243. The summed E-state index contributed by atoms with van der Waals surface area (Å²) in [5, 5.41) is 0. The summed E-state index contributed by atoms with van der Waals surface area (Å²) in [6.07, 6.45) is 2.05. The predicted molar refractivity (Wildman–Crippen MR) is 78.0 cm³/mol. The van der Waals surface area contributed by atoms with Crippen LogP contribution in [-0.4, -0.2) is 29.8 Å². The summed E-state index contributed by atoms with van der Waals surface area (Å²) in [5.41, 5.74) is 13.2. The zero-order valence-electron chi connectivity index (χ0n) is 11.8. The number of carbonyl (C=O) groups is 2. The first-order chi connectivity index (χ1) is 9.49. The van der Waals surface area contributed by atoms with Crippen LogP contribution in [0.4, 0.5) is 5.69 Å². The molecule has 0 bridgehead atoms. The Morgan fingerprint density at radius 3 is 2.55 bits per heavy atom. The fourth-order valence-electron chi connectivity index (χ4n) is 2.66. The number of rotatable bonds is 3. The molecule has 5 heteroatoms. The van der Waals surface area contributed by atoms with E-state index in [4.69, 9.17) is 11.5 Å². The van der Waals surface area contributed by atoms with Crippen molar-refractivity contribution < 1.29 is 9.59 Å². The quantitative estimate of drug-likeness (QED) is 0.815. The molecule has 0 atom stereocenters. The van der Waals surface area contributed by atoms with E-state index in [2.05, 4.69) is 0 Å². The van der Waals surface area contributed by atoms with Gasteiger partial charge in [0.15, 0.2) is 0 Å². The van der Waals surface area contributed by atoms with Gasteiger partial charge in [-0.05, 0) is 37.3 Å². The molecule has 1 aliphatic heterocycles. The summed E-state index contributed by atoms with van der Waals surface area (Å²) in [6.45, 7) is 3.21. The lowest BCUT2D eigenvalue weighted by molar-refractivity contribution is -0.119. The van der Waals surface area contributed by atoms with Crippen LogP contribution in [-0.2, 0) is 4.79 Å². The summed E-state index contributed by atoms with van der Waals surface area (Å²) >= 11 is 0. The Morgan fingerprint density at radius 2 is 1.95 bits per heavy atom. The Labute approximate surface area is 118 Å². The van der Waals surface area contributed by atoms with Gasteiger partial charge in [0.1, 0.15) is 0 Å². The summed E-state index contributed by atoms with van der Waals surface area (Å²) < 4.78 is 0. The van der Waals surface area contributed by atoms with Crippen LogP contribution in [0.15, 0.2) is 18.2 Å². The van der Waals surface area contributed by atoms with Crippen LogP contribution in [0.2, 0.25) is 0 Å². The molecule has 4 N–H and O–H groups in total. The average molecular weight is 275 g/mol. The number of nitrogens with zero attached hydrogens (tertiary/aromatic N) is 1. The maximum Gasteiger partial charge on any atom is 0.255 e. The summed E-state index contributed by atoms with van der Waals surface area (Å²) in [5.74, 6) is 0.00726. The molecule has 0 aliphatic carbocycles. The number of hydrogen-bond donors (Lipinski definition) is 2. The van der Waals surface area contributed by atoms with Crippen molar-refractivity contribution >= 4 is 17.5 Å². The number of nitrogen functional groups attached to an aromatic ring is 1. The fourth-order valence-corrected chi connectivity index (χ4v) is 2.66. The number of para-hydroxylation sites is 1. The first-order valence-electron chi connectivity index (χ1n) is 6.91. The molecule has 1 aromatic rings. The Balaban J connectivity index is 2.02. The number of likely N-dealkylation sites (tertiary alicyclic amines) is 1. The van der Waals surface area contributed by atoms with E-state index in [1.54, 1.807) is 6.07 Å². The van der Waals surface area contributed by atoms with E-state index in [9.17, 15) is 9.59 Å². The third-order valence-corrected chi connectivity index (χ3v) is 3.95. The van der Waals surface area contributed by atoms with Gasteiger partial charge in [0, 0.05) is 25.2 Å².